The Balaban J connectivity index is 0.000000199. The minimum atomic E-state index is -2.16. The van der Waals surface area contributed by atoms with Crippen molar-refractivity contribution in [3.05, 3.63) is 260 Å². The number of allylic oxidation sites excluding steroid dienone is 3. The third-order valence-corrected chi connectivity index (χ3v) is 22.1. The Labute approximate surface area is 776 Å². The third kappa shape index (κ3) is 23.6. The summed E-state index contributed by atoms with van der Waals surface area (Å²) in [6, 6.07) is 6.07. The number of alkyl halides is 2. The SMILES string of the molecule is C=C1C=CN([C@@H]2O[C@@](CO)(N=[N+]=[N-])C[C@H]2O)C(=O)C1.C=C1C=CN([C@@H]2O[C@@](CO)(N=[N+]=[N-])[C@@H](O)[C@@H]2F)C(=O)C1.C=C1C=CN([C@@H]2O[C@@](CO)(N=[N+]=[N-])[C@H](O)[C@H]2O)C(=O)C1.Cc1ccn([C@@H]2O[C@@](CO)(N=[N+]=[N-])C[C@H]2O)c(=O)n1.Cc1ccn([C@@H]2O[C@@](CO)(N=[N+]=[N-])[C@@H](O)[C@@H]2F)c(=O)n1.Cc1ccn([C@@H]2O[C@@](CO)(N=[N+]=[N-])[C@@H](O)[C@@]2(C)O)c(=O)n1.Cc1ccn([C@@H]2O[C@@](CO)(N=[N+]=[N-])[C@H](O)[C@H]2O)c(=O)n1. The lowest BCUT2D eigenvalue weighted by atomic mass is 9.93. The van der Waals surface area contributed by atoms with Gasteiger partial charge >= 0.3 is 22.8 Å². The van der Waals surface area contributed by atoms with E-state index in [1.165, 1.54) is 79.5 Å². The molecule has 0 spiro atoms. The number of carbonyl (C=O) groups is 3. The van der Waals surface area contributed by atoms with E-state index >= 15 is 0 Å². The number of halogens is 2. The van der Waals surface area contributed by atoms with Crippen LogP contribution in [0, 0.1) is 27.7 Å². The lowest BCUT2D eigenvalue weighted by molar-refractivity contribution is -0.158. The number of rotatable bonds is 21. The highest BCUT2D eigenvalue weighted by Crippen LogP contribution is 2.47. The summed E-state index contributed by atoms with van der Waals surface area (Å²) in [5.74, 6) is -1.12. The van der Waals surface area contributed by atoms with E-state index in [-0.39, 0.29) is 43.9 Å². The zero-order valence-corrected chi connectivity index (χ0v) is 73.5. The average molecular weight is 1970 g/mol. The number of hydrogen-bond donors (Lipinski definition) is 17. The molecule has 17 N–H and O–H groups in total. The number of aliphatic hydroxyl groups is 17. The minimum Gasteiger partial charge on any atom is -0.393 e. The van der Waals surface area contributed by atoms with Crippen LogP contribution in [0.15, 0.2) is 177 Å². The average Bonchev–Trinajstić information content (AvgIpc) is 1.59. The van der Waals surface area contributed by atoms with Gasteiger partial charge < -0.3 is 120 Å². The minimum absolute atomic E-state index is 0.00712. The number of amides is 3. The molecule has 3 amide bonds. The first-order valence-corrected chi connectivity index (χ1v) is 40.4. The number of hydrogen-bond acceptors (Lipinski definition) is 42. The molecule has 14 rings (SSSR count). The maximum Gasteiger partial charge on any atom is 0.349 e. The second kappa shape index (κ2) is 46.3. The molecule has 750 valence electrons. The Morgan fingerprint density at radius 2 is 0.662 bits per heavy atom. The molecule has 0 bridgehead atoms. The molecule has 65 heteroatoms. The van der Waals surface area contributed by atoms with Gasteiger partial charge in [-0.05, 0) is 133 Å². The highest BCUT2D eigenvalue weighted by atomic mass is 19.1. The van der Waals surface area contributed by atoms with E-state index < -0.39 is 231 Å². The van der Waals surface area contributed by atoms with Crippen molar-refractivity contribution < 1.29 is 143 Å². The van der Waals surface area contributed by atoms with E-state index in [1.807, 2.05) is 0 Å². The van der Waals surface area contributed by atoms with Crippen molar-refractivity contribution in [3.63, 3.8) is 0 Å². The van der Waals surface area contributed by atoms with Crippen LogP contribution >= 0.6 is 0 Å². The summed E-state index contributed by atoms with van der Waals surface area (Å²) in [6.07, 6.45) is -12.9. The van der Waals surface area contributed by atoms with Crippen molar-refractivity contribution in [3.8, 4) is 0 Å². The molecule has 14 heterocycles. The predicted octanol–water partition coefficient (Wildman–Crippen LogP) is -2.30. The molecule has 10 aliphatic rings. The van der Waals surface area contributed by atoms with Crippen LogP contribution in [-0.2, 0) is 47.5 Å². The normalized spacial score (nSPS) is 34.3. The van der Waals surface area contributed by atoms with Gasteiger partial charge in [0.05, 0.1) is 65.5 Å². The van der Waals surface area contributed by atoms with E-state index in [0.717, 1.165) is 28.1 Å². The maximum absolute atomic E-state index is 14.1. The van der Waals surface area contributed by atoms with Gasteiger partial charge in [-0.15, -0.1) is 0 Å². The second-order valence-corrected chi connectivity index (χ2v) is 31.8. The molecule has 0 aromatic carbocycles. The fraction of sp³-hybridized carbons (Fsp3) is 0.581. The van der Waals surface area contributed by atoms with Crippen molar-refractivity contribution in [2.24, 2.45) is 35.8 Å². The van der Waals surface area contributed by atoms with Gasteiger partial charge in [0.15, 0.2) is 67.4 Å². The van der Waals surface area contributed by atoms with Crippen LogP contribution in [0.25, 0.3) is 73.1 Å². The molecule has 4 aromatic heterocycles. The van der Waals surface area contributed by atoms with Crippen molar-refractivity contribution >= 4 is 17.7 Å². The first-order chi connectivity index (χ1) is 65.6. The number of aromatic nitrogens is 8. The van der Waals surface area contributed by atoms with Crippen molar-refractivity contribution in [1.29, 1.82) is 0 Å². The van der Waals surface area contributed by atoms with Crippen molar-refractivity contribution in [2.75, 3.05) is 46.2 Å². The molecule has 7 fully saturated rings. The van der Waals surface area contributed by atoms with Gasteiger partial charge in [-0.25, -0.2) is 28.0 Å². The highest BCUT2D eigenvalue weighted by molar-refractivity contribution is 5.83. The first kappa shape index (κ1) is 111. The van der Waals surface area contributed by atoms with Gasteiger partial charge in [0.25, 0.3) is 0 Å². The van der Waals surface area contributed by atoms with Crippen LogP contribution in [0.4, 0.5) is 8.78 Å². The summed E-state index contributed by atoms with van der Waals surface area (Å²) in [5, 5.41) is 187. The van der Waals surface area contributed by atoms with Crippen LogP contribution in [0.2, 0.25) is 0 Å². The summed E-state index contributed by atoms with van der Waals surface area (Å²) in [7, 11) is 0. The summed E-state index contributed by atoms with van der Waals surface area (Å²) < 4.78 is 68.9. The molecule has 7 saturated heterocycles. The molecule has 0 aliphatic carbocycles. The van der Waals surface area contributed by atoms with Crippen LogP contribution in [0.1, 0.15) is 86.7 Å². The van der Waals surface area contributed by atoms with Crippen LogP contribution < -0.4 is 22.8 Å². The monoisotopic (exact) mass is 1960 g/mol. The number of carbonyl (C=O) groups excluding carboxylic acids is 3. The van der Waals surface area contributed by atoms with E-state index in [2.05, 4.69) is 110 Å². The Bertz CT molecular complexity index is 5760. The molecule has 10 aliphatic heterocycles. The van der Waals surface area contributed by atoms with E-state index in [9.17, 15) is 129 Å². The van der Waals surface area contributed by atoms with E-state index in [4.69, 9.17) is 71.9 Å². The highest BCUT2D eigenvalue weighted by Gasteiger charge is 2.64. The van der Waals surface area contributed by atoms with Gasteiger partial charge in [-0.2, -0.15) is 19.9 Å². The van der Waals surface area contributed by atoms with Gasteiger partial charge in [0.1, 0.15) is 60.5 Å². The standard InChI is InChI=1S/C11H13FN4O4.C11H15N5O5.C11H14N4O5.C11H14N4O4.C10H12FN5O4.C10H13N5O5.C10H13N5O4/c1-6-2-3-16(7(18)4-6)10-8(12)9(19)11(5-17,20-10)14-15-13;1-6-3-4-16(9(19)13-6)8-10(2,20)7(18)11(5-17,21-8)14-15-12;1-6-2-3-15(7(17)4-6)10-8(18)9(19)11(5-16,20-10)13-14-12;1-7-2-3-15(9(18)4-7)10-8(17)5-11(6-16,19-10)13-14-12;1-5-2-3-16(9(19)13-5)8-6(11)7(18)10(4-17,20-8)14-15-12;1-5-2-3-15(9(19)12-5)8-6(17)7(18)10(4-16,20-8)13-14-11;1-6-2-3-15(9(18)12-6)8-7(17)4-10(5-16,19-8)13-14-11/h2-3,8-10,17,19H,1,4-5H2;3-4,7-8,17-18,20H,5H2,1-2H3;2-3,8-10,16,18-19H,1,4-5H2;2-3,8,10,16-17H,1,4-6H2;2-3,6-8,17-18H,4H2,1H3;2-3,6-8,16-18H,4H2,1H3;2-3,7-8,16-17H,4-5H2,1H3/t8-,9-,10+,11+;7-,8+,10+,11+;8-,9-,10-,11-;8-,10-,11+;6-,7-,8+,10+;6-,7-,8-,10-;7-,8-,10+/m0011011/s1. The Morgan fingerprint density at radius 1 is 0.381 bits per heavy atom. The molecule has 26 atom stereocenters. The van der Waals surface area contributed by atoms with Crippen molar-refractivity contribution in [2.45, 2.75) is 223 Å². The van der Waals surface area contributed by atoms with Gasteiger partial charge in [0.2, 0.25) is 46.3 Å². The number of aryl methyl sites for hydroxylation is 4. The Hall–Kier alpha value is -13.6. The van der Waals surface area contributed by atoms with Crippen molar-refractivity contribution in [1.82, 2.24) is 52.9 Å². The Kier molecular flexibility index (Phi) is 36.9. The van der Waals surface area contributed by atoms with Gasteiger partial charge in [0, 0.05) is 113 Å². The predicted molar refractivity (Wildman–Crippen MR) is 454 cm³/mol. The maximum atomic E-state index is 14.1. The molecule has 4 aromatic rings. The number of azide groups is 7. The second-order valence-electron chi connectivity index (χ2n) is 31.8. The number of nitrogens with zero attached hydrogens (tertiary/aromatic N) is 32. The summed E-state index contributed by atoms with van der Waals surface area (Å²) >= 11 is 0. The first-order valence-electron chi connectivity index (χ1n) is 40.4. The van der Waals surface area contributed by atoms with Crippen LogP contribution in [0.3, 0.4) is 0 Å². The third-order valence-electron chi connectivity index (χ3n) is 22.1. The zero-order valence-electron chi connectivity index (χ0n) is 73.5. The van der Waals surface area contributed by atoms with Gasteiger partial charge in [-0.3, -0.25) is 47.4 Å². The van der Waals surface area contributed by atoms with Crippen LogP contribution in [-0.4, -0.2) is 335 Å². The number of aliphatic hydroxyl groups excluding tert-OH is 16. The molecule has 63 nitrogen and oxygen atoms in total. The molecule has 0 radical (unpaired) electrons. The van der Waals surface area contributed by atoms with E-state index in [0.29, 0.717) is 39.5 Å². The summed E-state index contributed by atoms with van der Waals surface area (Å²) in [4.78, 5) is 118. The topological polar surface area (TPSA) is 950 Å². The number of ether oxygens (including phenoxy) is 7. The zero-order chi connectivity index (χ0) is 104. The summed E-state index contributed by atoms with van der Waals surface area (Å²) in [5.41, 5.74) is 44.8. The molecule has 0 saturated carbocycles. The molecule has 0 unspecified atom stereocenters. The lowest BCUT2D eigenvalue weighted by Gasteiger charge is -2.30. The smallest absolute Gasteiger partial charge is 0.349 e. The Morgan fingerprint density at radius 3 is 1.01 bits per heavy atom. The summed E-state index contributed by atoms with van der Waals surface area (Å²) in [6.45, 7) is 13.1. The van der Waals surface area contributed by atoms with Gasteiger partial charge in [-0.1, -0.05) is 55.5 Å². The fourth-order valence-electron chi connectivity index (χ4n) is 14.7. The largest absolute Gasteiger partial charge is 0.393 e. The molecule has 139 heavy (non-hydrogen) atoms. The quantitative estimate of drug-likeness (QED) is 0.0237. The molecular weight excluding hydrogens is 1870 g/mol. The van der Waals surface area contributed by atoms with Crippen LogP contribution in [0.5, 0.6) is 0 Å². The molecular formula is C74H94F2N32O31. The van der Waals surface area contributed by atoms with E-state index in [1.54, 1.807) is 45.9 Å². The lowest BCUT2D eigenvalue weighted by Crippen LogP contribution is -2.50. The fourth-order valence-corrected chi connectivity index (χ4v) is 14.7.